The Bertz CT molecular complexity index is 941. The molecule has 158 valence electrons. The van der Waals surface area contributed by atoms with Gasteiger partial charge in [0.1, 0.15) is 13.2 Å². The largest absolute Gasteiger partial charge is 0.486 e. The van der Waals surface area contributed by atoms with Crippen LogP contribution >= 0.6 is 11.6 Å². The number of anilines is 1. The van der Waals surface area contributed by atoms with Crippen molar-refractivity contribution in [3.63, 3.8) is 0 Å². The molecule has 0 bridgehead atoms. The molecular weight excluding hydrogens is 404 g/mol. The van der Waals surface area contributed by atoms with E-state index in [9.17, 15) is 4.79 Å². The van der Waals surface area contributed by atoms with Crippen LogP contribution in [-0.2, 0) is 16.1 Å². The summed E-state index contributed by atoms with van der Waals surface area (Å²) in [7, 11) is 1.81. The molecule has 0 radical (unpaired) electrons. The summed E-state index contributed by atoms with van der Waals surface area (Å²) in [5, 5.41) is 0.479. The van der Waals surface area contributed by atoms with E-state index in [0.717, 1.165) is 43.1 Å². The minimum Gasteiger partial charge on any atom is -0.486 e. The summed E-state index contributed by atoms with van der Waals surface area (Å²) < 4.78 is 16.6. The van der Waals surface area contributed by atoms with Gasteiger partial charge in [0, 0.05) is 38.4 Å². The molecule has 7 heteroatoms. The molecule has 2 aromatic rings. The molecule has 0 aromatic heterocycles. The van der Waals surface area contributed by atoms with Gasteiger partial charge in [-0.05, 0) is 35.4 Å². The number of carbonyl (C=O) groups excluding carboxylic acids is 1. The maximum absolute atomic E-state index is 12.7. The number of benzene rings is 2. The molecule has 2 heterocycles. The Balaban J connectivity index is 1.44. The quantitative estimate of drug-likeness (QED) is 0.681. The van der Waals surface area contributed by atoms with Crippen molar-refractivity contribution in [2.24, 2.45) is 0 Å². The van der Waals surface area contributed by atoms with Crippen molar-refractivity contribution in [2.75, 3.05) is 51.5 Å². The van der Waals surface area contributed by atoms with Gasteiger partial charge in [-0.2, -0.15) is 0 Å². The molecule has 2 aliphatic rings. The maximum Gasteiger partial charge on any atom is 0.246 e. The molecular formula is C23H25ClN2O4. The monoisotopic (exact) mass is 428 g/mol. The van der Waals surface area contributed by atoms with Gasteiger partial charge in [-0.15, -0.1) is 0 Å². The normalized spacial score (nSPS) is 16.0. The first-order valence-corrected chi connectivity index (χ1v) is 10.4. The first-order chi connectivity index (χ1) is 14.6. The number of likely N-dealkylation sites (N-methyl/N-ethyl adjacent to an activating group) is 1. The molecule has 1 amide bonds. The highest BCUT2D eigenvalue weighted by molar-refractivity contribution is 6.32. The van der Waals surface area contributed by atoms with E-state index in [-0.39, 0.29) is 5.91 Å². The number of fused-ring (bicyclic) bond motifs is 1. The number of amides is 1. The number of carbonyl (C=O) groups is 1. The number of morpholine rings is 1. The number of halogens is 1. The maximum atomic E-state index is 12.7. The van der Waals surface area contributed by atoms with E-state index in [1.165, 1.54) is 0 Å². The summed E-state index contributed by atoms with van der Waals surface area (Å²) in [6, 6.07) is 11.8. The van der Waals surface area contributed by atoms with Gasteiger partial charge in [0.15, 0.2) is 11.5 Å². The molecule has 6 nitrogen and oxygen atoms in total. The zero-order chi connectivity index (χ0) is 20.9. The van der Waals surface area contributed by atoms with Crippen LogP contribution in [0.15, 0.2) is 42.5 Å². The smallest absolute Gasteiger partial charge is 0.246 e. The second kappa shape index (κ2) is 9.41. The Morgan fingerprint density at radius 3 is 2.73 bits per heavy atom. The van der Waals surface area contributed by atoms with Crippen LogP contribution in [0.2, 0.25) is 5.02 Å². The zero-order valence-corrected chi connectivity index (χ0v) is 17.7. The van der Waals surface area contributed by atoms with Crippen molar-refractivity contribution in [3.8, 4) is 11.5 Å². The Labute approximate surface area is 181 Å². The van der Waals surface area contributed by atoms with Gasteiger partial charge >= 0.3 is 0 Å². The highest BCUT2D eigenvalue weighted by Crippen LogP contribution is 2.38. The van der Waals surface area contributed by atoms with E-state index in [0.29, 0.717) is 36.3 Å². The van der Waals surface area contributed by atoms with Gasteiger partial charge in [-0.1, -0.05) is 29.8 Å². The summed E-state index contributed by atoms with van der Waals surface area (Å²) in [6.45, 7) is 4.67. The summed E-state index contributed by atoms with van der Waals surface area (Å²) in [6.07, 6.45) is 3.30. The van der Waals surface area contributed by atoms with Crippen molar-refractivity contribution < 1.29 is 19.0 Å². The highest BCUT2D eigenvalue weighted by Gasteiger charge is 2.18. The van der Waals surface area contributed by atoms with Gasteiger partial charge in [0.2, 0.25) is 5.91 Å². The lowest BCUT2D eigenvalue weighted by molar-refractivity contribution is -0.125. The number of hydrogen-bond donors (Lipinski definition) is 0. The Kier molecular flexibility index (Phi) is 6.45. The van der Waals surface area contributed by atoms with Crippen LogP contribution in [0.5, 0.6) is 11.5 Å². The topological polar surface area (TPSA) is 51.2 Å². The van der Waals surface area contributed by atoms with E-state index in [2.05, 4.69) is 17.0 Å². The second-order valence-corrected chi connectivity index (χ2v) is 7.69. The molecule has 0 spiro atoms. The molecule has 4 rings (SSSR count). The molecule has 0 atom stereocenters. The third kappa shape index (κ3) is 4.71. The Hall–Kier alpha value is -2.70. The molecule has 0 saturated carbocycles. The first-order valence-electron chi connectivity index (χ1n) is 10.0. The van der Waals surface area contributed by atoms with E-state index in [1.54, 1.807) is 30.2 Å². The van der Waals surface area contributed by atoms with Gasteiger partial charge in [0.05, 0.1) is 18.2 Å². The van der Waals surface area contributed by atoms with Crippen molar-refractivity contribution in [2.45, 2.75) is 6.54 Å². The van der Waals surface area contributed by atoms with Crippen molar-refractivity contribution in [1.82, 2.24) is 4.90 Å². The fraction of sp³-hybridized carbons (Fsp3) is 0.348. The standard InChI is InChI=1S/C23H25ClN2O4/c1-25(16-18-4-2-3-5-20(18)26-8-10-28-11-9-26)22(27)7-6-17-14-19(24)23-21(15-17)29-12-13-30-23/h2-7,14-15H,8-13,16H2,1H3. The zero-order valence-electron chi connectivity index (χ0n) is 17.0. The Morgan fingerprint density at radius 1 is 1.13 bits per heavy atom. The van der Waals surface area contributed by atoms with Crippen LogP contribution in [0.4, 0.5) is 5.69 Å². The molecule has 0 unspecified atom stereocenters. The van der Waals surface area contributed by atoms with Crippen molar-refractivity contribution >= 4 is 29.3 Å². The fourth-order valence-corrected chi connectivity index (χ4v) is 3.89. The van der Waals surface area contributed by atoms with Crippen LogP contribution in [-0.4, -0.2) is 57.4 Å². The van der Waals surface area contributed by atoms with Crippen LogP contribution < -0.4 is 14.4 Å². The summed E-state index contributed by atoms with van der Waals surface area (Å²) in [4.78, 5) is 16.7. The van der Waals surface area contributed by atoms with E-state index < -0.39 is 0 Å². The van der Waals surface area contributed by atoms with Gasteiger partial charge in [0.25, 0.3) is 0 Å². The van der Waals surface area contributed by atoms with Crippen LogP contribution in [0, 0.1) is 0 Å². The average Bonchev–Trinajstić information content (AvgIpc) is 2.78. The van der Waals surface area contributed by atoms with Crippen LogP contribution in [0.25, 0.3) is 6.08 Å². The summed E-state index contributed by atoms with van der Waals surface area (Å²) in [5.41, 5.74) is 3.06. The molecule has 1 fully saturated rings. The van der Waals surface area contributed by atoms with Gasteiger partial charge < -0.3 is 24.0 Å². The molecule has 0 aliphatic carbocycles. The molecule has 2 aromatic carbocycles. The van der Waals surface area contributed by atoms with E-state index in [1.807, 2.05) is 18.2 Å². The first kappa shape index (κ1) is 20.6. The van der Waals surface area contributed by atoms with Gasteiger partial charge in [-0.3, -0.25) is 4.79 Å². The summed E-state index contributed by atoms with van der Waals surface area (Å²) in [5.74, 6) is 1.08. The molecule has 30 heavy (non-hydrogen) atoms. The van der Waals surface area contributed by atoms with Gasteiger partial charge in [-0.25, -0.2) is 0 Å². The number of ether oxygens (including phenoxy) is 3. The minimum atomic E-state index is -0.0854. The lowest BCUT2D eigenvalue weighted by atomic mass is 10.1. The predicted octanol–water partition coefficient (Wildman–Crippen LogP) is 3.62. The van der Waals surface area contributed by atoms with Crippen LogP contribution in [0.1, 0.15) is 11.1 Å². The molecule has 2 aliphatic heterocycles. The average molecular weight is 429 g/mol. The lowest BCUT2D eigenvalue weighted by Crippen LogP contribution is -2.37. The minimum absolute atomic E-state index is 0.0854. The fourth-order valence-electron chi connectivity index (χ4n) is 3.61. The predicted molar refractivity (Wildman–Crippen MR) is 117 cm³/mol. The lowest BCUT2D eigenvalue weighted by Gasteiger charge is -2.31. The van der Waals surface area contributed by atoms with E-state index in [4.69, 9.17) is 25.8 Å². The molecule has 1 saturated heterocycles. The number of rotatable bonds is 5. The number of para-hydroxylation sites is 1. The van der Waals surface area contributed by atoms with Crippen LogP contribution in [0.3, 0.4) is 0 Å². The van der Waals surface area contributed by atoms with Crippen molar-refractivity contribution in [3.05, 3.63) is 58.6 Å². The van der Waals surface area contributed by atoms with Crippen molar-refractivity contribution in [1.29, 1.82) is 0 Å². The second-order valence-electron chi connectivity index (χ2n) is 7.28. The number of nitrogens with zero attached hydrogens (tertiary/aromatic N) is 2. The Morgan fingerprint density at radius 2 is 1.90 bits per heavy atom. The highest BCUT2D eigenvalue weighted by atomic mass is 35.5. The molecule has 0 N–H and O–H groups in total. The SMILES string of the molecule is CN(Cc1ccccc1N1CCOCC1)C(=O)C=Cc1cc(Cl)c2c(c1)OCCO2. The third-order valence-electron chi connectivity index (χ3n) is 5.16. The number of hydrogen-bond acceptors (Lipinski definition) is 5. The van der Waals surface area contributed by atoms with E-state index >= 15 is 0 Å². The summed E-state index contributed by atoms with van der Waals surface area (Å²) >= 11 is 6.28. The third-order valence-corrected chi connectivity index (χ3v) is 5.45.